The van der Waals surface area contributed by atoms with E-state index < -0.39 is 11.7 Å². The molecule has 0 radical (unpaired) electrons. The van der Waals surface area contributed by atoms with Gasteiger partial charge >= 0.3 is 12.1 Å². The molecule has 1 N–H and O–H groups in total. The lowest BCUT2D eigenvalue weighted by Crippen LogP contribution is -2.35. The summed E-state index contributed by atoms with van der Waals surface area (Å²) in [4.78, 5) is 23.1. The fourth-order valence-corrected chi connectivity index (χ4v) is 2.13. The van der Waals surface area contributed by atoms with E-state index in [4.69, 9.17) is 4.74 Å². The van der Waals surface area contributed by atoms with Gasteiger partial charge in [-0.1, -0.05) is 25.5 Å². The highest BCUT2D eigenvalue weighted by molar-refractivity contribution is 5.89. The molecule has 1 rings (SSSR count). The molecule has 1 aromatic rings. The van der Waals surface area contributed by atoms with E-state index in [9.17, 15) is 9.59 Å². The first-order valence-corrected chi connectivity index (χ1v) is 7.89. The van der Waals surface area contributed by atoms with E-state index in [1.54, 1.807) is 12.1 Å². The minimum Gasteiger partial charge on any atom is -0.465 e. The van der Waals surface area contributed by atoms with Crippen LogP contribution in [0, 0.1) is 5.92 Å². The Morgan fingerprint density at radius 3 is 2.26 bits per heavy atom. The van der Waals surface area contributed by atoms with Crippen LogP contribution in [0.2, 0.25) is 0 Å². The zero-order chi connectivity index (χ0) is 17.5. The summed E-state index contributed by atoms with van der Waals surface area (Å²) in [5.74, 6) is -0.0262. The van der Waals surface area contributed by atoms with Crippen LogP contribution >= 0.6 is 0 Å². The molecule has 1 atom stereocenters. The summed E-state index contributed by atoms with van der Waals surface area (Å²) in [6, 6.07) is 7.36. The maximum atomic E-state index is 11.7. The van der Waals surface area contributed by atoms with E-state index in [2.05, 4.69) is 17.0 Å². The number of methoxy groups -OCH3 is 1. The number of alkyl carbamates (subject to hydrolysis) is 1. The molecule has 128 valence electrons. The van der Waals surface area contributed by atoms with Crippen LogP contribution in [-0.4, -0.2) is 31.3 Å². The van der Waals surface area contributed by atoms with Crippen molar-refractivity contribution in [1.82, 2.24) is 5.32 Å². The molecule has 0 spiro atoms. The summed E-state index contributed by atoms with van der Waals surface area (Å²) in [6.45, 7) is 8.17. The third-order valence-electron chi connectivity index (χ3n) is 3.41. The van der Waals surface area contributed by atoms with Gasteiger partial charge in [0.2, 0.25) is 0 Å². The van der Waals surface area contributed by atoms with Gasteiger partial charge in [-0.3, -0.25) is 0 Å². The van der Waals surface area contributed by atoms with Crippen LogP contribution < -0.4 is 5.32 Å². The fraction of sp³-hybridized carbons (Fsp3) is 0.556. The number of ether oxygens (including phenoxy) is 2. The first kappa shape index (κ1) is 19.0. The molecule has 0 heterocycles. The second-order valence-corrected chi connectivity index (χ2v) is 6.55. The van der Waals surface area contributed by atoms with Gasteiger partial charge in [-0.2, -0.15) is 0 Å². The van der Waals surface area contributed by atoms with Gasteiger partial charge in [0.25, 0.3) is 0 Å². The molecule has 1 unspecified atom stereocenters. The van der Waals surface area contributed by atoms with Crippen LogP contribution in [0.3, 0.4) is 0 Å². The standard InChI is InChI=1S/C18H27NO4/c1-6-13(12-19-17(21)23-18(2,3)4)11-14-7-9-15(10-8-14)16(20)22-5/h7-10,13H,6,11-12H2,1-5H3,(H,19,21). The molecule has 0 aromatic heterocycles. The number of amides is 1. The number of carbonyl (C=O) groups is 2. The monoisotopic (exact) mass is 321 g/mol. The molecular formula is C18H27NO4. The van der Waals surface area contributed by atoms with E-state index in [1.807, 2.05) is 32.9 Å². The van der Waals surface area contributed by atoms with E-state index in [-0.39, 0.29) is 5.97 Å². The lowest BCUT2D eigenvalue weighted by atomic mass is 9.96. The van der Waals surface area contributed by atoms with Gasteiger partial charge in [0.05, 0.1) is 12.7 Å². The third kappa shape index (κ3) is 7.17. The van der Waals surface area contributed by atoms with Gasteiger partial charge in [0.15, 0.2) is 0 Å². The molecule has 0 saturated carbocycles. The zero-order valence-electron chi connectivity index (χ0n) is 14.6. The van der Waals surface area contributed by atoms with Crippen molar-refractivity contribution in [1.29, 1.82) is 0 Å². The lowest BCUT2D eigenvalue weighted by Gasteiger charge is -2.21. The molecule has 0 aliphatic rings. The van der Waals surface area contributed by atoms with E-state index >= 15 is 0 Å². The van der Waals surface area contributed by atoms with Gasteiger partial charge in [0, 0.05) is 6.54 Å². The zero-order valence-corrected chi connectivity index (χ0v) is 14.6. The number of rotatable bonds is 6. The molecule has 0 fully saturated rings. The number of hydrogen-bond acceptors (Lipinski definition) is 4. The van der Waals surface area contributed by atoms with Crippen LogP contribution in [0.25, 0.3) is 0 Å². The Kier molecular flexibility index (Phi) is 7.07. The maximum Gasteiger partial charge on any atom is 0.407 e. The van der Waals surface area contributed by atoms with E-state index in [0.29, 0.717) is 18.0 Å². The molecule has 0 bridgehead atoms. The van der Waals surface area contributed by atoms with Crippen molar-refractivity contribution >= 4 is 12.1 Å². The van der Waals surface area contributed by atoms with Crippen LogP contribution in [0.1, 0.15) is 50.0 Å². The number of hydrogen-bond donors (Lipinski definition) is 1. The highest BCUT2D eigenvalue weighted by atomic mass is 16.6. The summed E-state index contributed by atoms with van der Waals surface area (Å²) < 4.78 is 9.92. The molecule has 5 heteroatoms. The molecule has 0 saturated heterocycles. The Hall–Kier alpha value is -2.04. The topological polar surface area (TPSA) is 64.6 Å². The SMILES string of the molecule is CCC(CNC(=O)OC(C)(C)C)Cc1ccc(C(=O)OC)cc1. The number of carbonyl (C=O) groups excluding carboxylic acids is 2. The largest absolute Gasteiger partial charge is 0.465 e. The minimum atomic E-state index is -0.491. The van der Waals surface area contributed by atoms with Crippen molar-refractivity contribution < 1.29 is 19.1 Å². The molecule has 23 heavy (non-hydrogen) atoms. The second-order valence-electron chi connectivity index (χ2n) is 6.55. The summed E-state index contributed by atoms with van der Waals surface area (Å²) >= 11 is 0. The van der Waals surface area contributed by atoms with Gasteiger partial charge < -0.3 is 14.8 Å². The molecule has 0 aliphatic heterocycles. The Morgan fingerprint density at radius 2 is 1.78 bits per heavy atom. The Morgan fingerprint density at radius 1 is 1.17 bits per heavy atom. The number of benzene rings is 1. The fourth-order valence-electron chi connectivity index (χ4n) is 2.13. The first-order chi connectivity index (χ1) is 10.7. The third-order valence-corrected chi connectivity index (χ3v) is 3.41. The molecule has 5 nitrogen and oxygen atoms in total. The molecule has 1 amide bonds. The quantitative estimate of drug-likeness (QED) is 0.814. The molecular weight excluding hydrogens is 294 g/mol. The van der Waals surface area contributed by atoms with Gasteiger partial charge in [-0.25, -0.2) is 9.59 Å². The van der Waals surface area contributed by atoms with E-state index in [1.165, 1.54) is 7.11 Å². The number of nitrogens with one attached hydrogen (secondary N) is 1. The highest BCUT2D eigenvalue weighted by Crippen LogP contribution is 2.14. The number of esters is 1. The van der Waals surface area contributed by atoms with Gasteiger partial charge in [0.1, 0.15) is 5.60 Å². The summed E-state index contributed by atoms with van der Waals surface area (Å²) in [5, 5.41) is 2.81. The Balaban J connectivity index is 2.53. The van der Waals surface area contributed by atoms with Crippen molar-refractivity contribution in [2.45, 2.75) is 46.1 Å². The normalized spacial score (nSPS) is 12.4. The van der Waals surface area contributed by atoms with Crippen molar-refractivity contribution in [3.05, 3.63) is 35.4 Å². The second kappa shape index (κ2) is 8.56. The van der Waals surface area contributed by atoms with Gasteiger partial charge in [-0.05, 0) is 50.8 Å². The van der Waals surface area contributed by atoms with E-state index in [0.717, 1.165) is 18.4 Å². The van der Waals surface area contributed by atoms with Gasteiger partial charge in [-0.15, -0.1) is 0 Å². The summed E-state index contributed by atoms with van der Waals surface area (Å²) in [7, 11) is 1.37. The predicted molar refractivity (Wildman–Crippen MR) is 89.5 cm³/mol. The van der Waals surface area contributed by atoms with Crippen molar-refractivity contribution in [2.75, 3.05) is 13.7 Å². The molecule has 0 aliphatic carbocycles. The van der Waals surface area contributed by atoms with Crippen molar-refractivity contribution in [3.63, 3.8) is 0 Å². The maximum absolute atomic E-state index is 11.7. The average molecular weight is 321 g/mol. The lowest BCUT2D eigenvalue weighted by molar-refractivity contribution is 0.0517. The van der Waals surface area contributed by atoms with Crippen LogP contribution in [-0.2, 0) is 15.9 Å². The van der Waals surface area contributed by atoms with Crippen LogP contribution in [0.15, 0.2) is 24.3 Å². The van der Waals surface area contributed by atoms with Crippen molar-refractivity contribution in [2.24, 2.45) is 5.92 Å². The summed E-state index contributed by atoms with van der Waals surface area (Å²) in [6.07, 6.45) is 1.37. The Bertz CT molecular complexity index is 517. The van der Waals surface area contributed by atoms with Crippen LogP contribution in [0.5, 0.6) is 0 Å². The smallest absolute Gasteiger partial charge is 0.407 e. The molecule has 1 aromatic carbocycles. The predicted octanol–water partition coefficient (Wildman–Crippen LogP) is 3.57. The highest BCUT2D eigenvalue weighted by Gasteiger charge is 2.17. The van der Waals surface area contributed by atoms with Crippen molar-refractivity contribution in [3.8, 4) is 0 Å². The average Bonchev–Trinajstić information content (AvgIpc) is 2.49. The summed E-state index contributed by atoms with van der Waals surface area (Å²) in [5.41, 5.74) is 1.17. The first-order valence-electron chi connectivity index (χ1n) is 7.89. The minimum absolute atomic E-state index is 0.312. The van der Waals surface area contributed by atoms with Crippen LogP contribution in [0.4, 0.5) is 4.79 Å². The Labute approximate surface area is 138 Å².